The minimum absolute atomic E-state index is 0.151. The van der Waals surface area contributed by atoms with Crippen molar-refractivity contribution < 1.29 is 13.6 Å². The summed E-state index contributed by atoms with van der Waals surface area (Å²) in [7, 11) is 0. The third-order valence-corrected chi connectivity index (χ3v) is 6.33. The van der Waals surface area contributed by atoms with Gasteiger partial charge in [-0.15, -0.1) is 0 Å². The number of amides is 1. The van der Waals surface area contributed by atoms with Crippen molar-refractivity contribution in [3.63, 3.8) is 0 Å². The molecule has 0 saturated heterocycles. The lowest BCUT2D eigenvalue weighted by Crippen LogP contribution is -2.32. The number of hydrogen-bond acceptors (Lipinski definition) is 5. The number of carbonyl (C=O) groups is 1. The van der Waals surface area contributed by atoms with Gasteiger partial charge in [0.2, 0.25) is 11.8 Å². The number of fused-ring (bicyclic) bond motifs is 1. The van der Waals surface area contributed by atoms with E-state index in [9.17, 15) is 4.79 Å². The van der Waals surface area contributed by atoms with Crippen LogP contribution in [0.25, 0.3) is 40.0 Å². The van der Waals surface area contributed by atoms with E-state index in [1.165, 1.54) is 6.08 Å². The number of oxazole rings is 1. The molecule has 0 radical (unpaired) electrons. The Hall–Kier alpha value is -3.47. The van der Waals surface area contributed by atoms with E-state index in [1.807, 2.05) is 54.6 Å². The van der Waals surface area contributed by atoms with Gasteiger partial charge in [-0.3, -0.25) is 10.1 Å². The van der Waals surface area contributed by atoms with E-state index >= 15 is 0 Å². The molecule has 0 bridgehead atoms. The Morgan fingerprint density at radius 1 is 1.00 bits per heavy atom. The molecule has 2 aromatic heterocycles. The standard InChI is InChI=1S/C27H17ClIN3O3S/c28-21-10-6-17(29)14-20(21)26-31-22-15-18(7-11-24(22)35-26)30-27(36)32-25(33)13-9-19-8-12-23(34-19)16-4-2-1-3-5-16/h1-15H,(H2,30,32,33,36)/b13-9+. The first-order valence-electron chi connectivity index (χ1n) is 10.8. The molecule has 0 unspecified atom stereocenters. The zero-order valence-electron chi connectivity index (χ0n) is 18.5. The molecule has 0 aliphatic heterocycles. The quantitative estimate of drug-likeness (QED) is 0.119. The number of nitrogens with zero attached hydrogens (tertiary/aromatic N) is 1. The molecule has 0 aliphatic rings. The van der Waals surface area contributed by atoms with Crippen LogP contribution in [-0.2, 0) is 4.79 Å². The smallest absolute Gasteiger partial charge is 0.250 e. The average Bonchev–Trinajstić information content (AvgIpc) is 3.52. The van der Waals surface area contributed by atoms with Crippen LogP contribution in [0.4, 0.5) is 5.69 Å². The van der Waals surface area contributed by atoms with Crippen LogP contribution in [-0.4, -0.2) is 16.0 Å². The Labute approximate surface area is 230 Å². The summed E-state index contributed by atoms with van der Waals surface area (Å²) in [5.74, 6) is 1.33. The largest absolute Gasteiger partial charge is 0.457 e. The number of furan rings is 1. The highest BCUT2D eigenvalue weighted by atomic mass is 127. The van der Waals surface area contributed by atoms with Crippen molar-refractivity contribution in [3.05, 3.63) is 99.3 Å². The minimum Gasteiger partial charge on any atom is -0.457 e. The molecule has 0 fully saturated rings. The van der Waals surface area contributed by atoms with Gasteiger partial charge in [-0.05, 0) is 89.4 Å². The molecular weight excluding hydrogens is 609 g/mol. The number of halogens is 2. The number of thiocarbonyl (C=S) groups is 1. The Morgan fingerprint density at radius 2 is 1.83 bits per heavy atom. The first-order valence-corrected chi connectivity index (χ1v) is 12.6. The molecule has 0 saturated carbocycles. The molecule has 0 atom stereocenters. The lowest BCUT2D eigenvalue weighted by Gasteiger charge is -2.07. The first kappa shape index (κ1) is 24.2. The molecule has 2 N–H and O–H groups in total. The Balaban J connectivity index is 1.22. The van der Waals surface area contributed by atoms with Crippen molar-refractivity contribution in [2.24, 2.45) is 0 Å². The monoisotopic (exact) mass is 625 g/mol. The molecule has 36 heavy (non-hydrogen) atoms. The van der Waals surface area contributed by atoms with Crippen molar-refractivity contribution in [2.75, 3.05) is 5.32 Å². The van der Waals surface area contributed by atoms with E-state index in [4.69, 9.17) is 32.7 Å². The highest BCUT2D eigenvalue weighted by molar-refractivity contribution is 14.1. The topological polar surface area (TPSA) is 80.3 Å². The summed E-state index contributed by atoms with van der Waals surface area (Å²) in [6.45, 7) is 0. The fourth-order valence-corrected chi connectivity index (χ4v) is 4.36. The highest BCUT2D eigenvalue weighted by Gasteiger charge is 2.13. The van der Waals surface area contributed by atoms with E-state index < -0.39 is 0 Å². The lowest BCUT2D eigenvalue weighted by molar-refractivity contribution is -0.115. The molecule has 5 rings (SSSR count). The predicted molar refractivity (Wildman–Crippen MR) is 155 cm³/mol. The van der Waals surface area contributed by atoms with Crippen molar-refractivity contribution in [3.8, 4) is 22.8 Å². The predicted octanol–water partition coefficient (Wildman–Crippen LogP) is 7.54. The SMILES string of the molecule is O=C(/C=C/c1ccc(-c2ccccc2)o1)NC(=S)Nc1ccc2oc(-c3cc(I)ccc3Cl)nc2c1. The number of anilines is 1. The molecule has 5 aromatic rings. The number of aromatic nitrogens is 1. The number of rotatable bonds is 5. The molecule has 3 aromatic carbocycles. The number of hydrogen-bond donors (Lipinski definition) is 2. The fraction of sp³-hybridized carbons (Fsp3) is 0. The molecule has 9 heteroatoms. The Morgan fingerprint density at radius 3 is 2.67 bits per heavy atom. The summed E-state index contributed by atoms with van der Waals surface area (Å²) in [5.41, 5.74) is 3.58. The van der Waals surface area contributed by atoms with Crippen LogP contribution in [0, 0.1) is 3.57 Å². The first-order chi connectivity index (χ1) is 17.4. The summed E-state index contributed by atoms with van der Waals surface area (Å²) in [6.07, 6.45) is 2.95. The Kier molecular flexibility index (Phi) is 7.17. The lowest BCUT2D eigenvalue weighted by atomic mass is 10.2. The van der Waals surface area contributed by atoms with Gasteiger partial charge in [-0.25, -0.2) is 4.98 Å². The number of carbonyl (C=O) groups excluding carboxylic acids is 1. The van der Waals surface area contributed by atoms with Crippen molar-refractivity contribution in [2.45, 2.75) is 0 Å². The van der Waals surface area contributed by atoms with Gasteiger partial charge in [0.1, 0.15) is 17.0 Å². The summed E-state index contributed by atoms with van der Waals surface area (Å²) < 4.78 is 12.7. The van der Waals surface area contributed by atoms with E-state index in [2.05, 4.69) is 38.2 Å². The second-order valence-corrected chi connectivity index (χ2v) is 9.73. The van der Waals surface area contributed by atoms with Crippen LogP contribution in [0.1, 0.15) is 5.76 Å². The summed E-state index contributed by atoms with van der Waals surface area (Å²) in [5, 5.41) is 6.32. The molecule has 0 spiro atoms. The summed E-state index contributed by atoms with van der Waals surface area (Å²) in [4.78, 5) is 16.9. The van der Waals surface area contributed by atoms with E-state index in [0.717, 1.165) is 20.5 Å². The molecule has 6 nitrogen and oxygen atoms in total. The van der Waals surface area contributed by atoms with Crippen molar-refractivity contribution >= 4 is 80.3 Å². The maximum absolute atomic E-state index is 12.3. The van der Waals surface area contributed by atoms with E-state index in [0.29, 0.717) is 33.5 Å². The van der Waals surface area contributed by atoms with Gasteiger partial charge in [-0.2, -0.15) is 0 Å². The van der Waals surface area contributed by atoms with Crippen LogP contribution in [0.3, 0.4) is 0 Å². The van der Waals surface area contributed by atoms with E-state index in [-0.39, 0.29) is 11.0 Å². The van der Waals surface area contributed by atoms with Gasteiger partial charge in [0.05, 0.1) is 10.6 Å². The third kappa shape index (κ3) is 5.67. The zero-order chi connectivity index (χ0) is 25.1. The van der Waals surface area contributed by atoms with Gasteiger partial charge in [0.15, 0.2) is 10.7 Å². The normalized spacial score (nSPS) is 11.2. The average molecular weight is 626 g/mol. The summed E-state index contributed by atoms with van der Waals surface area (Å²) >= 11 is 13.8. The van der Waals surface area contributed by atoms with Crippen LogP contribution in [0.15, 0.2) is 93.8 Å². The number of benzene rings is 3. The second kappa shape index (κ2) is 10.7. The van der Waals surface area contributed by atoms with Gasteiger partial charge in [-0.1, -0.05) is 41.9 Å². The summed E-state index contributed by atoms with van der Waals surface area (Å²) in [6, 6.07) is 24.4. The van der Waals surface area contributed by atoms with E-state index in [1.54, 1.807) is 30.3 Å². The van der Waals surface area contributed by atoms with Gasteiger partial charge in [0, 0.05) is 20.9 Å². The van der Waals surface area contributed by atoms with Gasteiger partial charge >= 0.3 is 0 Å². The van der Waals surface area contributed by atoms with Gasteiger partial charge < -0.3 is 14.2 Å². The van der Waals surface area contributed by atoms with Crippen molar-refractivity contribution in [1.82, 2.24) is 10.3 Å². The van der Waals surface area contributed by atoms with Crippen molar-refractivity contribution in [1.29, 1.82) is 0 Å². The minimum atomic E-state index is -0.386. The van der Waals surface area contributed by atoms with Gasteiger partial charge in [0.25, 0.3) is 0 Å². The third-order valence-electron chi connectivity index (χ3n) is 5.13. The van der Waals surface area contributed by atoms with Crippen LogP contribution >= 0.6 is 46.4 Å². The molecule has 1 amide bonds. The van der Waals surface area contributed by atoms with Crippen LogP contribution < -0.4 is 10.6 Å². The molecule has 178 valence electrons. The highest BCUT2D eigenvalue weighted by Crippen LogP contribution is 2.32. The fourth-order valence-electron chi connectivity index (χ4n) is 3.46. The maximum atomic E-state index is 12.3. The Bertz CT molecular complexity index is 1610. The molecule has 2 heterocycles. The second-order valence-electron chi connectivity index (χ2n) is 7.67. The molecular formula is C27H17ClIN3O3S. The maximum Gasteiger partial charge on any atom is 0.250 e. The zero-order valence-corrected chi connectivity index (χ0v) is 22.2. The van der Waals surface area contributed by atoms with Crippen LogP contribution in [0.2, 0.25) is 5.02 Å². The van der Waals surface area contributed by atoms with Crippen LogP contribution in [0.5, 0.6) is 0 Å². The number of nitrogens with one attached hydrogen (secondary N) is 2. The molecule has 0 aliphatic carbocycles.